The number of rotatable bonds is 7. The first kappa shape index (κ1) is 15.6. The smallest absolute Gasteiger partial charge is 0.350 e. The Bertz CT molecular complexity index is 426. The lowest BCUT2D eigenvalue weighted by Crippen LogP contribution is -2.24. The fourth-order valence-electron chi connectivity index (χ4n) is 1.92. The highest BCUT2D eigenvalue weighted by Crippen LogP contribution is 2.45. The van der Waals surface area contributed by atoms with E-state index in [2.05, 4.69) is 18.7 Å². The maximum absolute atomic E-state index is 11.7. The van der Waals surface area contributed by atoms with Gasteiger partial charge in [0.25, 0.3) is 0 Å². The van der Waals surface area contributed by atoms with E-state index in [1.807, 2.05) is 0 Å². The molecule has 0 aliphatic heterocycles. The van der Waals surface area contributed by atoms with Crippen molar-refractivity contribution in [3.8, 4) is 5.75 Å². The van der Waals surface area contributed by atoms with Crippen LogP contribution in [0.1, 0.15) is 36.4 Å². The zero-order valence-corrected chi connectivity index (χ0v) is 12.8. The average molecular weight is 286 g/mol. The molecule has 1 aromatic heterocycles. The third kappa shape index (κ3) is 3.32. The van der Waals surface area contributed by atoms with E-state index >= 15 is 0 Å². The molecule has 0 fully saturated rings. The lowest BCUT2D eigenvalue weighted by molar-refractivity contribution is 0.0607. The molecule has 0 aliphatic rings. The van der Waals surface area contributed by atoms with Crippen molar-refractivity contribution in [1.29, 1.82) is 0 Å². The molecule has 108 valence electrons. The Morgan fingerprint density at radius 1 is 1.26 bits per heavy atom. The van der Waals surface area contributed by atoms with Gasteiger partial charge in [-0.1, -0.05) is 13.8 Å². The Morgan fingerprint density at radius 2 is 1.84 bits per heavy atom. The van der Waals surface area contributed by atoms with Crippen LogP contribution in [0.3, 0.4) is 0 Å². The maximum atomic E-state index is 11.7. The van der Waals surface area contributed by atoms with E-state index in [1.165, 1.54) is 18.4 Å². The summed E-state index contributed by atoms with van der Waals surface area (Å²) in [6.45, 7) is 6.05. The van der Waals surface area contributed by atoms with Crippen molar-refractivity contribution in [1.82, 2.24) is 0 Å². The lowest BCUT2D eigenvalue weighted by Gasteiger charge is -2.22. The number of carbonyl (C=O) groups is 1. The molecule has 5 nitrogen and oxygen atoms in total. The number of nitrogen functional groups attached to an aromatic ring is 1. The molecular formula is C13H22N2O3S. The predicted octanol–water partition coefficient (Wildman–Crippen LogP) is 2.75. The van der Waals surface area contributed by atoms with Crippen molar-refractivity contribution < 1.29 is 14.3 Å². The average Bonchev–Trinajstić information content (AvgIpc) is 2.74. The Balaban J connectivity index is 3.20. The van der Waals surface area contributed by atoms with Crippen LogP contribution < -0.4 is 15.4 Å². The molecule has 0 unspecified atom stereocenters. The second-order valence-corrected chi connectivity index (χ2v) is 5.16. The molecule has 0 spiro atoms. The quantitative estimate of drug-likeness (QED) is 0.781. The number of thiophene rings is 1. The zero-order valence-electron chi connectivity index (χ0n) is 12.0. The predicted molar refractivity (Wildman–Crippen MR) is 79.4 cm³/mol. The van der Waals surface area contributed by atoms with Crippen molar-refractivity contribution in [2.75, 3.05) is 37.9 Å². The molecular weight excluding hydrogens is 264 g/mol. The molecule has 0 saturated heterocycles. The van der Waals surface area contributed by atoms with Crippen LogP contribution in [0.5, 0.6) is 5.75 Å². The molecule has 19 heavy (non-hydrogen) atoms. The molecule has 6 heteroatoms. The Hall–Kier alpha value is -1.43. The fourth-order valence-corrected chi connectivity index (χ4v) is 3.08. The first-order valence-corrected chi connectivity index (χ1v) is 7.21. The summed E-state index contributed by atoms with van der Waals surface area (Å²) < 4.78 is 10.1. The highest BCUT2D eigenvalue weighted by atomic mass is 32.1. The monoisotopic (exact) mass is 286 g/mol. The van der Waals surface area contributed by atoms with Crippen LogP contribution >= 0.6 is 11.3 Å². The minimum Gasteiger partial charge on any atom is -0.492 e. The molecule has 0 bridgehead atoms. The van der Waals surface area contributed by atoms with Crippen LogP contribution in [-0.2, 0) is 4.74 Å². The van der Waals surface area contributed by atoms with Crippen molar-refractivity contribution in [2.45, 2.75) is 26.7 Å². The van der Waals surface area contributed by atoms with E-state index < -0.39 is 5.97 Å². The Labute approximate surface area is 118 Å². The van der Waals surface area contributed by atoms with Gasteiger partial charge >= 0.3 is 5.97 Å². The normalized spacial score (nSPS) is 10.3. The van der Waals surface area contributed by atoms with Gasteiger partial charge in [0.15, 0.2) is 5.75 Å². The number of nitrogens with zero attached hydrogens (tertiary/aromatic N) is 1. The Morgan fingerprint density at radius 3 is 2.26 bits per heavy atom. The first-order chi connectivity index (χ1) is 9.10. The largest absolute Gasteiger partial charge is 0.492 e. The third-order valence-corrected chi connectivity index (χ3v) is 3.96. The van der Waals surface area contributed by atoms with E-state index in [-0.39, 0.29) is 0 Å². The van der Waals surface area contributed by atoms with Gasteiger partial charge in [0, 0.05) is 13.1 Å². The van der Waals surface area contributed by atoms with Gasteiger partial charge in [0.05, 0.1) is 14.2 Å². The van der Waals surface area contributed by atoms with Crippen LogP contribution in [0.25, 0.3) is 0 Å². The number of hydrogen-bond acceptors (Lipinski definition) is 6. The highest BCUT2D eigenvalue weighted by molar-refractivity contribution is 7.19. The number of nitrogens with two attached hydrogens (primary N) is 1. The fraction of sp³-hybridized carbons (Fsp3) is 0.615. The van der Waals surface area contributed by atoms with Gasteiger partial charge in [-0.3, -0.25) is 0 Å². The summed E-state index contributed by atoms with van der Waals surface area (Å²) in [5.74, 6) is 0.160. The van der Waals surface area contributed by atoms with Crippen LogP contribution in [0.15, 0.2) is 0 Å². The second-order valence-electron chi connectivity index (χ2n) is 4.16. The molecule has 0 atom stereocenters. The summed E-state index contributed by atoms with van der Waals surface area (Å²) in [7, 11) is 2.92. The molecule has 2 N–H and O–H groups in total. The topological polar surface area (TPSA) is 64.8 Å². The summed E-state index contributed by atoms with van der Waals surface area (Å²) in [5, 5.41) is 0.907. The van der Waals surface area contributed by atoms with Gasteiger partial charge in [-0.05, 0) is 12.8 Å². The van der Waals surface area contributed by atoms with Gasteiger partial charge in [-0.25, -0.2) is 4.79 Å². The summed E-state index contributed by atoms with van der Waals surface area (Å²) in [6, 6.07) is 0. The minimum atomic E-state index is -0.417. The lowest BCUT2D eigenvalue weighted by atomic mass is 10.3. The van der Waals surface area contributed by atoms with E-state index in [9.17, 15) is 4.79 Å². The maximum Gasteiger partial charge on any atom is 0.350 e. The van der Waals surface area contributed by atoms with Crippen LogP contribution in [0.2, 0.25) is 0 Å². The molecule has 0 aromatic carbocycles. The van der Waals surface area contributed by atoms with Gasteiger partial charge in [-0.2, -0.15) is 0 Å². The number of esters is 1. The zero-order chi connectivity index (χ0) is 14.4. The van der Waals surface area contributed by atoms with Gasteiger partial charge in [-0.15, -0.1) is 11.3 Å². The molecule has 1 heterocycles. The minimum absolute atomic E-state index is 0.367. The summed E-state index contributed by atoms with van der Waals surface area (Å²) in [4.78, 5) is 14.3. The molecule has 0 aliphatic carbocycles. The number of methoxy groups -OCH3 is 2. The molecule has 1 aromatic rings. The highest BCUT2D eigenvalue weighted by Gasteiger charge is 2.25. The molecule has 0 radical (unpaired) electrons. The van der Waals surface area contributed by atoms with E-state index in [1.54, 1.807) is 7.11 Å². The first-order valence-electron chi connectivity index (χ1n) is 6.40. The second kappa shape index (κ2) is 7.23. The van der Waals surface area contributed by atoms with Crippen molar-refractivity contribution in [3.63, 3.8) is 0 Å². The molecule has 1 rings (SSSR count). The van der Waals surface area contributed by atoms with Crippen LogP contribution in [0.4, 0.5) is 10.7 Å². The van der Waals surface area contributed by atoms with Crippen LogP contribution in [-0.4, -0.2) is 33.3 Å². The van der Waals surface area contributed by atoms with E-state index in [4.69, 9.17) is 15.2 Å². The SMILES string of the molecule is CCCN(CCC)c1sc(C(=O)OC)c(N)c1OC. The number of carbonyl (C=O) groups excluding carboxylic acids is 1. The molecule has 0 saturated carbocycles. The number of ether oxygens (including phenoxy) is 2. The number of anilines is 2. The summed E-state index contributed by atoms with van der Waals surface area (Å²) in [5.41, 5.74) is 6.35. The van der Waals surface area contributed by atoms with Crippen LogP contribution in [0, 0.1) is 0 Å². The standard InChI is InChI=1S/C13H22N2O3S/c1-5-7-15(8-6-2)12-10(17-3)9(14)11(19-12)13(16)18-4/h5-8,14H2,1-4H3. The van der Waals surface area contributed by atoms with E-state index in [0.29, 0.717) is 16.3 Å². The molecule has 0 amide bonds. The van der Waals surface area contributed by atoms with Gasteiger partial charge in [0.2, 0.25) is 0 Å². The third-order valence-electron chi connectivity index (χ3n) is 2.73. The Kier molecular flexibility index (Phi) is 5.95. The summed E-state index contributed by atoms with van der Waals surface area (Å²) in [6.07, 6.45) is 2.04. The van der Waals surface area contributed by atoms with Crippen molar-refractivity contribution >= 4 is 28.0 Å². The number of hydrogen-bond donors (Lipinski definition) is 1. The van der Waals surface area contributed by atoms with Gasteiger partial charge in [0.1, 0.15) is 15.6 Å². The summed E-state index contributed by atoms with van der Waals surface area (Å²) >= 11 is 1.33. The van der Waals surface area contributed by atoms with Crippen molar-refractivity contribution in [2.24, 2.45) is 0 Å². The van der Waals surface area contributed by atoms with E-state index in [0.717, 1.165) is 30.9 Å². The van der Waals surface area contributed by atoms with Crippen molar-refractivity contribution in [3.05, 3.63) is 4.88 Å². The van der Waals surface area contributed by atoms with Gasteiger partial charge < -0.3 is 20.1 Å².